The molecule has 3 rings (SSSR count). The molecule has 0 bridgehead atoms. The van der Waals surface area contributed by atoms with Crippen molar-refractivity contribution in [2.45, 2.75) is 49.3 Å². The third-order valence-corrected chi connectivity index (χ3v) is 7.80. The van der Waals surface area contributed by atoms with Crippen LogP contribution in [0.5, 0.6) is 5.75 Å². The Balaban J connectivity index is 1.61. The number of alkyl halides is 3. The van der Waals surface area contributed by atoms with Crippen LogP contribution in [0.15, 0.2) is 53.4 Å². The average molecular weight is 528 g/mol. The number of methoxy groups -OCH3 is 1. The van der Waals surface area contributed by atoms with Gasteiger partial charge < -0.3 is 15.4 Å². The molecule has 0 aliphatic carbocycles. The van der Waals surface area contributed by atoms with Crippen LogP contribution in [0.4, 0.5) is 13.2 Å². The molecular weight excluding hydrogens is 499 g/mol. The van der Waals surface area contributed by atoms with Gasteiger partial charge in [-0.1, -0.05) is 12.1 Å². The smallest absolute Gasteiger partial charge is 0.416 e. The van der Waals surface area contributed by atoms with Crippen LogP contribution < -0.4 is 15.4 Å². The Bertz CT molecular complexity index is 1180. The van der Waals surface area contributed by atoms with Gasteiger partial charge in [0, 0.05) is 32.5 Å². The Morgan fingerprint density at radius 3 is 2.31 bits per heavy atom. The average Bonchev–Trinajstić information content (AvgIpc) is 2.83. The van der Waals surface area contributed by atoms with Crippen LogP contribution in [-0.2, 0) is 32.2 Å². The Morgan fingerprint density at radius 2 is 1.75 bits per heavy atom. The predicted molar refractivity (Wildman–Crippen MR) is 126 cm³/mol. The lowest BCUT2D eigenvalue weighted by Crippen LogP contribution is -2.53. The summed E-state index contributed by atoms with van der Waals surface area (Å²) in [6.45, 7) is 1.50. The summed E-state index contributed by atoms with van der Waals surface area (Å²) < 4.78 is 70.4. The Morgan fingerprint density at radius 1 is 1.11 bits per heavy atom. The molecule has 1 atom stereocenters. The second-order valence-corrected chi connectivity index (χ2v) is 10.5. The number of ether oxygens (including phenoxy) is 1. The van der Waals surface area contributed by atoms with Gasteiger partial charge in [0.25, 0.3) is 0 Å². The van der Waals surface area contributed by atoms with Crippen LogP contribution in [0.25, 0.3) is 0 Å². The number of amides is 2. The summed E-state index contributed by atoms with van der Waals surface area (Å²) in [5.74, 6) is -0.135. The van der Waals surface area contributed by atoms with E-state index in [9.17, 15) is 31.2 Å². The van der Waals surface area contributed by atoms with Gasteiger partial charge in [0.15, 0.2) is 0 Å². The van der Waals surface area contributed by atoms with Gasteiger partial charge in [-0.25, -0.2) is 8.42 Å². The van der Waals surface area contributed by atoms with Gasteiger partial charge in [0.1, 0.15) is 11.8 Å². The minimum absolute atomic E-state index is 0.0923. The summed E-state index contributed by atoms with van der Waals surface area (Å²) in [5.41, 5.74) is -0.133. The van der Waals surface area contributed by atoms with E-state index in [1.165, 1.54) is 18.3 Å². The molecular formula is C24H28F3N3O5S. The zero-order valence-electron chi connectivity index (χ0n) is 19.8. The normalized spacial score (nSPS) is 16.2. The van der Waals surface area contributed by atoms with E-state index in [-0.39, 0.29) is 36.4 Å². The minimum atomic E-state index is -4.56. The van der Waals surface area contributed by atoms with Gasteiger partial charge in [0.2, 0.25) is 21.8 Å². The third kappa shape index (κ3) is 6.97. The van der Waals surface area contributed by atoms with E-state index in [2.05, 4.69) is 10.6 Å². The third-order valence-electron chi connectivity index (χ3n) is 5.89. The van der Waals surface area contributed by atoms with Crippen molar-refractivity contribution >= 4 is 21.8 Å². The zero-order chi connectivity index (χ0) is 26.5. The summed E-state index contributed by atoms with van der Waals surface area (Å²) in [6.07, 6.45) is -3.68. The van der Waals surface area contributed by atoms with E-state index >= 15 is 0 Å². The maximum absolute atomic E-state index is 12.9. The SMILES string of the molecule is COc1cccc(C[C@H](NC(C)=O)C(=O)NC2CCN(S(=O)(=O)c3ccc(C(F)(F)F)cc3)CC2)c1. The highest BCUT2D eigenvalue weighted by Gasteiger charge is 2.33. The van der Waals surface area contributed by atoms with Crippen molar-refractivity contribution in [3.8, 4) is 5.75 Å². The molecule has 0 aromatic heterocycles. The Labute approximate surface area is 207 Å². The van der Waals surface area contributed by atoms with E-state index < -0.39 is 33.7 Å². The molecule has 2 N–H and O–H groups in total. The van der Waals surface area contributed by atoms with E-state index in [0.717, 1.165) is 29.8 Å². The highest BCUT2D eigenvalue weighted by Crippen LogP contribution is 2.30. The second-order valence-electron chi connectivity index (χ2n) is 8.52. The molecule has 12 heteroatoms. The molecule has 0 unspecified atom stereocenters. The van der Waals surface area contributed by atoms with Crippen LogP contribution in [0, 0.1) is 0 Å². The van der Waals surface area contributed by atoms with Crippen molar-refractivity contribution in [3.05, 3.63) is 59.7 Å². The lowest BCUT2D eigenvalue weighted by atomic mass is 10.0. The quantitative estimate of drug-likeness (QED) is 0.550. The highest BCUT2D eigenvalue weighted by atomic mass is 32.2. The molecule has 196 valence electrons. The van der Waals surface area contributed by atoms with Gasteiger partial charge >= 0.3 is 6.18 Å². The summed E-state index contributed by atoms with van der Waals surface area (Å²) in [5, 5.41) is 5.52. The first-order valence-electron chi connectivity index (χ1n) is 11.3. The summed E-state index contributed by atoms with van der Waals surface area (Å²) in [6, 6.07) is 9.36. The number of nitrogens with zero attached hydrogens (tertiary/aromatic N) is 1. The van der Waals surface area contributed by atoms with Gasteiger partial charge in [-0.2, -0.15) is 17.5 Å². The van der Waals surface area contributed by atoms with Crippen molar-refractivity contribution in [1.29, 1.82) is 0 Å². The molecule has 2 aromatic carbocycles. The number of carbonyl (C=O) groups is 2. The van der Waals surface area contributed by atoms with E-state index in [1.54, 1.807) is 18.2 Å². The van der Waals surface area contributed by atoms with Crippen LogP contribution >= 0.6 is 0 Å². The number of hydrogen-bond donors (Lipinski definition) is 2. The van der Waals surface area contributed by atoms with E-state index in [4.69, 9.17) is 4.74 Å². The largest absolute Gasteiger partial charge is 0.497 e. The van der Waals surface area contributed by atoms with E-state index in [1.807, 2.05) is 6.07 Å². The number of carbonyl (C=O) groups excluding carboxylic acids is 2. The number of hydrogen-bond acceptors (Lipinski definition) is 5. The molecule has 1 fully saturated rings. The summed E-state index contributed by atoms with van der Waals surface area (Å²) >= 11 is 0. The van der Waals surface area contributed by atoms with Crippen LogP contribution in [-0.4, -0.2) is 56.8 Å². The van der Waals surface area contributed by atoms with Crippen molar-refractivity contribution in [2.24, 2.45) is 0 Å². The van der Waals surface area contributed by atoms with Gasteiger partial charge in [0.05, 0.1) is 17.6 Å². The maximum Gasteiger partial charge on any atom is 0.416 e. The first kappa shape index (κ1) is 27.5. The molecule has 1 saturated heterocycles. The Kier molecular flexibility index (Phi) is 8.62. The van der Waals surface area contributed by atoms with Gasteiger partial charge in [-0.15, -0.1) is 0 Å². The van der Waals surface area contributed by atoms with E-state index in [0.29, 0.717) is 18.6 Å². The number of nitrogens with one attached hydrogen (secondary N) is 2. The Hall–Kier alpha value is -3.12. The number of rotatable bonds is 8. The zero-order valence-corrected chi connectivity index (χ0v) is 20.7. The lowest BCUT2D eigenvalue weighted by molar-refractivity contribution is -0.137. The molecule has 1 aliphatic heterocycles. The predicted octanol–water partition coefficient (Wildman–Crippen LogP) is 2.73. The molecule has 1 heterocycles. The van der Waals surface area contributed by atoms with Crippen molar-refractivity contribution in [2.75, 3.05) is 20.2 Å². The fourth-order valence-corrected chi connectivity index (χ4v) is 5.47. The number of sulfonamides is 1. The number of piperidine rings is 1. The van der Waals surface area contributed by atoms with Crippen LogP contribution in [0.3, 0.4) is 0 Å². The second kappa shape index (κ2) is 11.3. The molecule has 2 aromatic rings. The lowest BCUT2D eigenvalue weighted by Gasteiger charge is -2.32. The molecule has 8 nitrogen and oxygen atoms in total. The molecule has 0 spiro atoms. The van der Waals surface area contributed by atoms with Crippen LogP contribution in [0.2, 0.25) is 0 Å². The van der Waals surface area contributed by atoms with Crippen molar-refractivity contribution < 1.29 is 35.9 Å². The molecule has 2 amide bonds. The maximum atomic E-state index is 12.9. The highest BCUT2D eigenvalue weighted by molar-refractivity contribution is 7.89. The number of benzene rings is 2. The molecule has 36 heavy (non-hydrogen) atoms. The van der Waals surface area contributed by atoms with Crippen LogP contribution in [0.1, 0.15) is 30.9 Å². The standard InChI is InChI=1S/C24H28F3N3O5S/c1-16(31)28-22(15-17-4-3-5-20(14-17)35-2)23(32)29-19-10-12-30(13-11-19)36(33,34)21-8-6-18(7-9-21)24(25,26)27/h3-9,14,19,22H,10-13,15H2,1-2H3,(H,28,31)(H,29,32)/t22-/m0/s1. The first-order valence-corrected chi connectivity index (χ1v) is 12.7. The van der Waals surface area contributed by atoms with Crippen molar-refractivity contribution in [3.63, 3.8) is 0 Å². The number of halogens is 3. The molecule has 1 aliphatic rings. The molecule has 0 radical (unpaired) electrons. The monoisotopic (exact) mass is 527 g/mol. The van der Waals surface area contributed by atoms with Crippen molar-refractivity contribution in [1.82, 2.24) is 14.9 Å². The first-order chi connectivity index (χ1) is 16.9. The molecule has 0 saturated carbocycles. The fourth-order valence-electron chi connectivity index (χ4n) is 4.00. The van der Waals surface area contributed by atoms with Gasteiger partial charge in [-0.3, -0.25) is 9.59 Å². The minimum Gasteiger partial charge on any atom is -0.497 e. The van der Waals surface area contributed by atoms with Gasteiger partial charge in [-0.05, 0) is 54.8 Å². The summed E-state index contributed by atoms with van der Waals surface area (Å²) in [4.78, 5) is 24.4. The summed E-state index contributed by atoms with van der Waals surface area (Å²) in [7, 11) is -2.44. The fraction of sp³-hybridized carbons (Fsp3) is 0.417. The topological polar surface area (TPSA) is 105 Å².